The smallest absolute Gasteiger partial charge is 0.267 e. The van der Waals surface area contributed by atoms with E-state index in [-0.39, 0.29) is 5.69 Å². The molecule has 0 aliphatic carbocycles. The van der Waals surface area contributed by atoms with Gasteiger partial charge in [-0.15, -0.1) is 0 Å². The summed E-state index contributed by atoms with van der Waals surface area (Å²) in [6.45, 7) is 0. The second-order valence-corrected chi connectivity index (χ2v) is 10.9. The number of carbonyl (C=O) groups excluding carboxylic acids is 1. The molecular formula is C36H26N12O. The number of amides is 1. The SMILES string of the molecule is N#Cc1cccc(-n2ncc3ccc(-c4cncc(N)c4)cc32)n1.NC(=O)c1cccc(-n2ncc3ccc(-c4cncc(N)c4)cc32)n1. The molecule has 236 valence electrons. The number of hydrogen-bond acceptors (Lipinski definition) is 10. The molecule has 0 aliphatic rings. The standard InChI is InChI=1S/C18H14N6O.C18H12N6/c19-14-6-13(8-21-10-14)11-4-5-12-9-22-24(16(12)7-11)17-3-1-2-15(23-17)18(20)25;19-8-16-2-1-3-18(23-16)24-17-7-12(4-5-13(17)10-22-24)14-6-15(20)11-21-9-14/h1-10H,19H2,(H2,20,25);1-7,9-11H,20H2. The van der Waals surface area contributed by atoms with Crippen LogP contribution < -0.4 is 17.2 Å². The number of pyridine rings is 4. The number of anilines is 2. The Bertz CT molecular complexity index is 2550. The van der Waals surface area contributed by atoms with E-state index in [2.05, 4.69) is 30.1 Å². The summed E-state index contributed by atoms with van der Waals surface area (Å²) in [6.07, 6.45) is 10.3. The van der Waals surface area contributed by atoms with Gasteiger partial charge in [0.2, 0.25) is 0 Å². The number of carbonyl (C=O) groups is 1. The van der Waals surface area contributed by atoms with Crippen molar-refractivity contribution in [3.63, 3.8) is 0 Å². The fraction of sp³-hybridized carbons (Fsp3) is 0. The van der Waals surface area contributed by atoms with E-state index in [1.54, 1.807) is 76.9 Å². The van der Waals surface area contributed by atoms with Crippen LogP contribution in [-0.2, 0) is 0 Å². The molecule has 0 radical (unpaired) electrons. The average Bonchev–Trinajstić information content (AvgIpc) is 3.76. The predicted octanol–water partition coefficient (Wildman–Crippen LogP) is 5.10. The largest absolute Gasteiger partial charge is 0.397 e. The maximum atomic E-state index is 11.4. The second kappa shape index (κ2) is 12.7. The first-order chi connectivity index (χ1) is 23.9. The van der Waals surface area contributed by atoms with Crippen molar-refractivity contribution in [1.29, 1.82) is 5.26 Å². The van der Waals surface area contributed by atoms with E-state index in [4.69, 9.17) is 22.5 Å². The molecule has 13 nitrogen and oxygen atoms in total. The molecule has 0 atom stereocenters. The lowest BCUT2D eigenvalue weighted by molar-refractivity contribution is 0.0995. The van der Waals surface area contributed by atoms with Crippen molar-refractivity contribution in [3.05, 3.63) is 133 Å². The zero-order valence-corrected chi connectivity index (χ0v) is 25.7. The molecule has 6 aromatic heterocycles. The van der Waals surface area contributed by atoms with E-state index in [0.29, 0.717) is 28.7 Å². The third-order valence-electron chi connectivity index (χ3n) is 7.60. The highest BCUT2D eigenvalue weighted by Crippen LogP contribution is 2.28. The van der Waals surface area contributed by atoms with E-state index in [0.717, 1.165) is 44.1 Å². The Balaban J connectivity index is 0.000000154. The molecule has 8 rings (SSSR count). The number of hydrogen-bond donors (Lipinski definition) is 3. The summed E-state index contributed by atoms with van der Waals surface area (Å²) in [5.74, 6) is 0.547. The first-order valence-corrected chi connectivity index (χ1v) is 14.9. The lowest BCUT2D eigenvalue weighted by Gasteiger charge is -2.06. The van der Waals surface area contributed by atoms with Gasteiger partial charge in [-0.1, -0.05) is 36.4 Å². The van der Waals surface area contributed by atoms with Gasteiger partial charge < -0.3 is 17.2 Å². The Labute approximate surface area is 278 Å². The second-order valence-electron chi connectivity index (χ2n) is 10.9. The van der Waals surface area contributed by atoms with Crippen LogP contribution >= 0.6 is 0 Å². The maximum Gasteiger partial charge on any atom is 0.267 e. The number of rotatable bonds is 5. The van der Waals surface area contributed by atoms with E-state index >= 15 is 0 Å². The number of nitrogen functional groups attached to an aromatic ring is 2. The number of nitrogens with two attached hydrogens (primary N) is 3. The third-order valence-corrected chi connectivity index (χ3v) is 7.60. The topological polar surface area (TPSA) is 206 Å². The first-order valence-electron chi connectivity index (χ1n) is 14.9. The van der Waals surface area contributed by atoms with Crippen LogP contribution in [0, 0.1) is 11.3 Å². The minimum Gasteiger partial charge on any atom is -0.397 e. The van der Waals surface area contributed by atoms with Crippen molar-refractivity contribution in [1.82, 2.24) is 39.5 Å². The maximum absolute atomic E-state index is 11.4. The Kier molecular flexibility index (Phi) is 7.85. The molecule has 0 bridgehead atoms. The molecule has 49 heavy (non-hydrogen) atoms. The Morgan fingerprint density at radius 2 is 1.14 bits per heavy atom. The van der Waals surface area contributed by atoms with Gasteiger partial charge in [0, 0.05) is 46.7 Å². The molecule has 0 saturated heterocycles. The van der Waals surface area contributed by atoms with Crippen LogP contribution in [0.5, 0.6) is 0 Å². The fourth-order valence-corrected chi connectivity index (χ4v) is 5.27. The summed E-state index contributed by atoms with van der Waals surface area (Å²) in [5.41, 5.74) is 24.3. The van der Waals surface area contributed by atoms with Crippen molar-refractivity contribution in [3.8, 4) is 40.0 Å². The Morgan fingerprint density at radius 1 is 0.612 bits per heavy atom. The van der Waals surface area contributed by atoms with Gasteiger partial charge in [-0.05, 0) is 59.7 Å². The fourth-order valence-electron chi connectivity index (χ4n) is 5.27. The summed E-state index contributed by atoms with van der Waals surface area (Å²) in [6, 6.07) is 28.1. The normalized spacial score (nSPS) is 10.8. The first kappa shape index (κ1) is 30.2. The van der Waals surface area contributed by atoms with Crippen molar-refractivity contribution >= 4 is 39.1 Å². The lowest BCUT2D eigenvalue weighted by Crippen LogP contribution is -2.14. The average molecular weight is 643 g/mol. The minimum atomic E-state index is -0.579. The number of nitrogens with zero attached hydrogens (tertiary/aromatic N) is 9. The predicted molar refractivity (Wildman–Crippen MR) is 186 cm³/mol. The van der Waals surface area contributed by atoms with Crippen molar-refractivity contribution in [2.45, 2.75) is 0 Å². The van der Waals surface area contributed by atoms with Crippen molar-refractivity contribution in [2.75, 3.05) is 11.5 Å². The summed E-state index contributed by atoms with van der Waals surface area (Å²) >= 11 is 0. The number of fused-ring (bicyclic) bond motifs is 2. The quantitative estimate of drug-likeness (QED) is 0.226. The van der Waals surface area contributed by atoms with Gasteiger partial charge in [0.15, 0.2) is 11.6 Å². The Morgan fingerprint density at radius 3 is 1.65 bits per heavy atom. The molecule has 6 heterocycles. The van der Waals surface area contributed by atoms with Gasteiger partial charge in [0.1, 0.15) is 17.5 Å². The third kappa shape index (κ3) is 6.20. The van der Waals surface area contributed by atoms with Crippen LogP contribution in [0.3, 0.4) is 0 Å². The van der Waals surface area contributed by atoms with Crippen LogP contribution in [0.25, 0.3) is 55.7 Å². The van der Waals surface area contributed by atoms with Crippen LogP contribution in [0.2, 0.25) is 0 Å². The van der Waals surface area contributed by atoms with E-state index in [1.807, 2.05) is 60.7 Å². The van der Waals surface area contributed by atoms with Crippen LogP contribution in [0.4, 0.5) is 11.4 Å². The molecule has 0 spiro atoms. The molecule has 6 N–H and O–H groups in total. The summed E-state index contributed by atoms with van der Waals surface area (Å²) in [5, 5.41) is 19.7. The highest BCUT2D eigenvalue weighted by atomic mass is 16.1. The van der Waals surface area contributed by atoms with E-state index in [1.165, 1.54) is 0 Å². The highest BCUT2D eigenvalue weighted by molar-refractivity contribution is 5.91. The molecular weight excluding hydrogens is 616 g/mol. The van der Waals surface area contributed by atoms with Crippen LogP contribution in [0.15, 0.2) is 122 Å². The number of nitriles is 1. The molecule has 0 fully saturated rings. The molecule has 0 unspecified atom stereocenters. The molecule has 8 aromatic rings. The van der Waals surface area contributed by atoms with Gasteiger partial charge in [0.25, 0.3) is 5.91 Å². The number of aromatic nitrogens is 8. The van der Waals surface area contributed by atoms with E-state index < -0.39 is 5.91 Å². The molecule has 13 heteroatoms. The molecule has 0 saturated carbocycles. The summed E-state index contributed by atoms with van der Waals surface area (Å²) < 4.78 is 3.39. The van der Waals surface area contributed by atoms with Gasteiger partial charge in [-0.2, -0.15) is 15.5 Å². The lowest BCUT2D eigenvalue weighted by atomic mass is 10.1. The summed E-state index contributed by atoms with van der Waals surface area (Å²) in [4.78, 5) is 28.2. The van der Waals surface area contributed by atoms with Gasteiger partial charge in [-0.25, -0.2) is 19.3 Å². The molecule has 1 amide bonds. The molecule has 0 aliphatic heterocycles. The monoisotopic (exact) mass is 642 g/mol. The van der Waals surface area contributed by atoms with Gasteiger partial charge >= 0.3 is 0 Å². The van der Waals surface area contributed by atoms with Crippen LogP contribution in [-0.4, -0.2) is 45.4 Å². The highest BCUT2D eigenvalue weighted by Gasteiger charge is 2.12. The minimum absolute atomic E-state index is 0.192. The molecule has 2 aromatic carbocycles. The number of primary amides is 1. The van der Waals surface area contributed by atoms with E-state index in [9.17, 15) is 4.79 Å². The van der Waals surface area contributed by atoms with Gasteiger partial charge in [0.05, 0.1) is 34.8 Å². The van der Waals surface area contributed by atoms with Gasteiger partial charge in [-0.3, -0.25) is 14.8 Å². The van der Waals surface area contributed by atoms with Crippen molar-refractivity contribution in [2.24, 2.45) is 5.73 Å². The zero-order valence-electron chi connectivity index (χ0n) is 25.7. The van der Waals surface area contributed by atoms with Crippen LogP contribution in [0.1, 0.15) is 16.2 Å². The summed E-state index contributed by atoms with van der Waals surface area (Å²) in [7, 11) is 0. The van der Waals surface area contributed by atoms with Crippen molar-refractivity contribution < 1.29 is 4.79 Å². The Hall–Kier alpha value is -7.46. The zero-order chi connectivity index (χ0) is 33.9. The number of benzene rings is 2.